The van der Waals surface area contributed by atoms with Crippen molar-refractivity contribution in [2.24, 2.45) is 5.41 Å². The van der Waals surface area contributed by atoms with Crippen molar-refractivity contribution in [3.8, 4) is 0 Å². The third-order valence-electron chi connectivity index (χ3n) is 0.474. The van der Waals surface area contributed by atoms with Crippen molar-refractivity contribution >= 4 is 16.0 Å². The fourth-order valence-corrected chi connectivity index (χ4v) is 0. The third-order valence-corrected chi connectivity index (χ3v) is 2.46. The van der Waals surface area contributed by atoms with E-state index in [1.54, 1.807) is 0 Å². The molecule has 0 radical (unpaired) electrons. The predicted molar refractivity (Wildman–Crippen MR) is 31.4 cm³/mol. The molecule has 0 saturated carbocycles. The van der Waals surface area contributed by atoms with Crippen molar-refractivity contribution in [1.82, 2.24) is 0 Å². The Bertz CT molecular complexity index is 33.7. The molecule has 0 aliphatic rings. The second-order valence-corrected chi connectivity index (χ2v) is 3.38. The SMILES string of the molecule is CC(C)(C)C[SeH]. The first-order valence-corrected chi connectivity index (χ1v) is 3.50. The van der Waals surface area contributed by atoms with Crippen LogP contribution in [0.2, 0.25) is 5.32 Å². The summed E-state index contributed by atoms with van der Waals surface area (Å²) >= 11 is 2.60. The summed E-state index contributed by atoms with van der Waals surface area (Å²) in [5.74, 6) is 0. The van der Waals surface area contributed by atoms with Crippen molar-refractivity contribution in [2.45, 2.75) is 26.1 Å². The molecule has 0 spiro atoms. The van der Waals surface area contributed by atoms with Gasteiger partial charge in [-0.25, -0.2) is 0 Å². The molecule has 0 bridgehead atoms. The molecular weight excluding hydrogens is 139 g/mol. The van der Waals surface area contributed by atoms with Crippen LogP contribution in [0.3, 0.4) is 0 Å². The van der Waals surface area contributed by atoms with Gasteiger partial charge in [0.05, 0.1) is 0 Å². The van der Waals surface area contributed by atoms with Crippen LogP contribution in [-0.2, 0) is 0 Å². The van der Waals surface area contributed by atoms with Gasteiger partial charge in [-0.15, -0.1) is 0 Å². The van der Waals surface area contributed by atoms with Gasteiger partial charge in [0, 0.05) is 0 Å². The Morgan fingerprint density at radius 1 is 1.33 bits per heavy atom. The van der Waals surface area contributed by atoms with E-state index in [4.69, 9.17) is 0 Å². The summed E-state index contributed by atoms with van der Waals surface area (Å²) in [6, 6.07) is 0. The van der Waals surface area contributed by atoms with Crippen LogP contribution in [0.1, 0.15) is 20.8 Å². The van der Waals surface area contributed by atoms with Gasteiger partial charge in [0.1, 0.15) is 0 Å². The van der Waals surface area contributed by atoms with Gasteiger partial charge in [-0.1, -0.05) is 0 Å². The molecule has 1 heteroatoms. The molecule has 0 atom stereocenters. The van der Waals surface area contributed by atoms with Crippen LogP contribution >= 0.6 is 0 Å². The molecule has 0 aromatic rings. The van der Waals surface area contributed by atoms with Gasteiger partial charge in [0.15, 0.2) is 0 Å². The van der Waals surface area contributed by atoms with Crippen LogP contribution in [0.25, 0.3) is 0 Å². The average molecular weight is 151 g/mol. The summed E-state index contributed by atoms with van der Waals surface area (Å²) in [5, 5.41) is 1.21. The molecule has 0 N–H and O–H groups in total. The zero-order chi connectivity index (χ0) is 5.21. The van der Waals surface area contributed by atoms with E-state index < -0.39 is 0 Å². The molecule has 0 amide bonds. The Hall–Kier alpha value is 0.519. The first-order valence-electron chi connectivity index (χ1n) is 2.17. The van der Waals surface area contributed by atoms with Crippen LogP contribution in [-0.4, -0.2) is 16.0 Å². The quantitative estimate of drug-likeness (QED) is 0.458. The molecule has 0 aromatic carbocycles. The van der Waals surface area contributed by atoms with Gasteiger partial charge in [-0.2, -0.15) is 0 Å². The van der Waals surface area contributed by atoms with Crippen molar-refractivity contribution in [2.75, 3.05) is 0 Å². The predicted octanol–water partition coefficient (Wildman–Crippen LogP) is 1.35. The van der Waals surface area contributed by atoms with Crippen LogP contribution in [0, 0.1) is 5.41 Å². The topological polar surface area (TPSA) is 0 Å². The van der Waals surface area contributed by atoms with E-state index in [9.17, 15) is 0 Å². The minimum absolute atomic E-state index is 0.514. The summed E-state index contributed by atoms with van der Waals surface area (Å²) in [6.07, 6.45) is 0. The van der Waals surface area contributed by atoms with Crippen molar-refractivity contribution in [3.05, 3.63) is 0 Å². The molecule has 0 aliphatic heterocycles. The fraction of sp³-hybridized carbons (Fsp3) is 1.00. The van der Waals surface area contributed by atoms with Gasteiger partial charge in [-0.05, 0) is 0 Å². The van der Waals surface area contributed by atoms with E-state index >= 15 is 0 Å². The number of hydrogen-bond acceptors (Lipinski definition) is 0. The Balaban J connectivity index is 3.17. The molecule has 0 heterocycles. The van der Waals surface area contributed by atoms with Gasteiger partial charge in [0.25, 0.3) is 0 Å². The van der Waals surface area contributed by atoms with E-state index in [0.29, 0.717) is 5.41 Å². The molecule has 0 saturated heterocycles. The summed E-state index contributed by atoms with van der Waals surface area (Å²) in [7, 11) is 0. The monoisotopic (exact) mass is 152 g/mol. The Kier molecular flexibility index (Phi) is 2.17. The van der Waals surface area contributed by atoms with Gasteiger partial charge >= 0.3 is 47.5 Å². The summed E-state index contributed by atoms with van der Waals surface area (Å²) < 4.78 is 0. The van der Waals surface area contributed by atoms with E-state index in [1.807, 2.05) is 0 Å². The maximum absolute atomic E-state index is 2.60. The molecule has 0 aliphatic carbocycles. The van der Waals surface area contributed by atoms with E-state index in [0.717, 1.165) is 0 Å². The average Bonchev–Trinajstić information content (AvgIpc) is 1.35. The second-order valence-electron chi connectivity index (χ2n) is 2.72. The Labute approximate surface area is 48.1 Å². The zero-order valence-corrected chi connectivity index (χ0v) is 6.53. The van der Waals surface area contributed by atoms with Crippen LogP contribution in [0.4, 0.5) is 0 Å². The van der Waals surface area contributed by atoms with Crippen LogP contribution in [0.15, 0.2) is 0 Å². The third kappa shape index (κ3) is 4.52. The first-order chi connectivity index (χ1) is 2.56. The molecule has 0 fully saturated rings. The first kappa shape index (κ1) is 6.52. The molecule has 0 unspecified atom stereocenters. The molecule has 38 valence electrons. The molecule has 0 nitrogen and oxygen atoms in total. The molecule has 0 rings (SSSR count). The van der Waals surface area contributed by atoms with Gasteiger partial charge in [0.2, 0.25) is 0 Å². The molecule has 6 heavy (non-hydrogen) atoms. The summed E-state index contributed by atoms with van der Waals surface area (Å²) in [4.78, 5) is 0. The second kappa shape index (κ2) is 1.99. The van der Waals surface area contributed by atoms with Crippen molar-refractivity contribution in [3.63, 3.8) is 0 Å². The molecule has 0 aromatic heterocycles. The maximum atomic E-state index is 2.60. The van der Waals surface area contributed by atoms with Crippen molar-refractivity contribution in [1.29, 1.82) is 0 Å². The standard InChI is InChI=1S/C5H12Se/c1-5(2,3)4-6/h6H,4H2,1-3H3. The van der Waals surface area contributed by atoms with E-state index in [1.165, 1.54) is 5.32 Å². The number of rotatable bonds is 0. The zero-order valence-electron chi connectivity index (χ0n) is 4.65. The van der Waals surface area contributed by atoms with Gasteiger partial charge < -0.3 is 0 Å². The van der Waals surface area contributed by atoms with E-state index in [-0.39, 0.29) is 0 Å². The van der Waals surface area contributed by atoms with E-state index in [2.05, 4.69) is 36.8 Å². The normalized spacial score (nSPS) is 12.0. The summed E-state index contributed by atoms with van der Waals surface area (Å²) in [6.45, 7) is 6.68. The number of hydrogen-bond donors (Lipinski definition) is 0. The fourth-order valence-electron chi connectivity index (χ4n) is 0. The van der Waals surface area contributed by atoms with Crippen LogP contribution < -0.4 is 0 Å². The van der Waals surface area contributed by atoms with Crippen LogP contribution in [0.5, 0.6) is 0 Å². The Morgan fingerprint density at radius 2 is 1.50 bits per heavy atom. The summed E-state index contributed by atoms with van der Waals surface area (Å²) in [5.41, 5.74) is 0.514. The van der Waals surface area contributed by atoms with Gasteiger partial charge in [-0.3, -0.25) is 0 Å². The minimum atomic E-state index is 0.514. The molecular formula is C5H12Se. The Morgan fingerprint density at radius 3 is 1.50 bits per heavy atom. The van der Waals surface area contributed by atoms with Crippen molar-refractivity contribution < 1.29 is 0 Å².